The molecule has 1 heterocycles. The molecule has 8 heteroatoms. The normalized spacial score (nSPS) is 20.3. The Morgan fingerprint density at radius 2 is 1.92 bits per heavy atom. The van der Waals surface area contributed by atoms with Gasteiger partial charge in [0.15, 0.2) is 11.6 Å². The van der Waals surface area contributed by atoms with E-state index < -0.39 is 45.1 Å². The van der Waals surface area contributed by atoms with Crippen molar-refractivity contribution in [3.63, 3.8) is 0 Å². The Balaban J connectivity index is 2.42. The summed E-state index contributed by atoms with van der Waals surface area (Å²) in [6.07, 6.45) is -0.678. The molecule has 1 aromatic carbocycles. The van der Waals surface area contributed by atoms with E-state index in [1.165, 1.54) is 19.9 Å². The highest BCUT2D eigenvalue weighted by Crippen LogP contribution is 2.38. The van der Waals surface area contributed by atoms with Crippen LogP contribution in [0.2, 0.25) is 0 Å². The second-order valence-corrected chi connectivity index (χ2v) is 9.09. The Kier molecular flexibility index (Phi) is 5.05. The van der Waals surface area contributed by atoms with E-state index >= 15 is 0 Å². The second kappa shape index (κ2) is 6.48. The van der Waals surface area contributed by atoms with Crippen molar-refractivity contribution in [3.05, 3.63) is 34.9 Å². The van der Waals surface area contributed by atoms with Gasteiger partial charge in [0, 0.05) is 11.1 Å². The molecule has 0 saturated heterocycles. The summed E-state index contributed by atoms with van der Waals surface area (Å²) in [4.78, 5) is 12.0. The first kappa shape index (κ1) is 19.5. The lowest BCUT2D eigenvalue weighted by Crippen LogP contribution is -2.45. The molecule has 1 N–H and O–H groups in total. The molecule has 25 heavy (non-hydrogen) atoms. The van der Waals surface area contributed by atoms with Gasteiger partial charge in [0.2, 0.25) is 0 Å². The van der Waals surface area contributed by atoms with Crippen molar-refractivity contribution in [2.45, 2.75) is 57.9 Å². The molecule has 1 unspecified atom stereocenters. The predicted octanol–water partition coefficient (Wildman–Crippen LogP) is 3.58. The number of carbonyl (C=O) groups excluding carboxylic acids is 1. The Hall–Kier alpha value is -1.83. The summed E-state index contributed by atoms with van der Waals surface area (Å²) in [5.74, 6) is -2.06. The number of benzene rings is 1. The highest BCUT2D eigenvalue weighted by atomic mass is 32.2. The van der Waals surface area contributed by atoms with E-state index in [1.54, 1.807) is 27.7 Å². The van der Waals surface area contributed by atoms with E-state index in [4.69, 9.17) is 4.74 Å². The van der Waals surface area contributed by atoms with Crippen LogP contribution in [-0.4, -0.2) is 27.7 Å². The number of fused-ring (bicyclic) bond motifs is 1. The van der Waals surface area contributed by atoms with Gasteiger partial charge in [0.25, 0.3) is 0 Å². The molecule has 0 fully saturated rings. The lowest BCUT2D eigenvalue weighted by molar-refractivity contribution is 0.0521. The van der Waals surface area contributed by atoms with Gasteiger partial charge in [-0.05, 0) is 53.7 Å². The number of nitrogens with one attached hydrogen (secondary N) is 1. The van der Waals surface area contributed by atoms with Crippen molar-refractivity contribution < 1.29 is 22.5 Å². The Morgan fingerprint density at radius 3 is 2.48 bits per heavy atom. The largest absolute Gasteiger partial charge is 0.444 e. The topological polar surface area (TPSA) is 67.8 Å². The van der Waals surface area contributed by atoms with Crippen LogP contribution in [0.5, 0.6) is 0 Å². The van der Waals surface area contributed by atoms with Crippen LogP contribution in [0.15, 0.2) is 16.5 Å². The van der Waals surface area contributed by atoms with Gasteiger partial charge >= 0.3 is 6.09 Å². The molecule has 1 aliphatic rings. The Morgan fingerprint density at radius 1 is 1.32 bits per heavy atom. The summed E-state index contributed by atoms with van der Waals surface area (Å²) in [6, 6.07) is 1.69. The average Bonchev–Trinajstić information content (AvgIpc) is 2.43. The van der Waals surface area contributed by atoms with Gasteiger partial charge in [-0.1, -0.05) is 0 Å². The molecule has 1 aliphatic heterocycles. The summed E-state index contributed by atoms with van der Waals surface area (Å²) in [5, 5.41) is 2.59. The zero-order chi connectivity index (χ0) is 19.2. The Labute approximate surface area is 148 Å². The third-order valence-corrected chi connectivity index (χ3v) is 5.17. The summed E-state index contributed by atoms with van der Waals surface area (Å²) in [6.45, 7) is 9.86. The van der Waals surface area contributed by atoms with Crippen LogP contribution in [0.1, 0.15) is 52.7 Å². The van der Waals surface area contributed by atoms with E-state index in [-0.39, 0.29) is 11.3 Å². The molecule has 138 valence electrons. The predicted molar refractivity (Wildman–Crippen MR) is 92.9 cm³/mol. The van der Waals surface area contributed by atoms with Crippen LogP contribution in [0.4, 0.5) is 13.6 Å². The zero-order valence-corrected chi connectivity index (χ0v) is 15.9. The van der Waals surface area contributed by atoms with E-state index in [9.17, 15) is 17.8 Å². The van der Waals surface area contributed by atoms with Crippen molar-refractivity contribution in [3.8, 4) is 0 Å². The van der Waals surface area contributed by atoms with Gasteiger partial charge in [0.05, 0.1) is 16.5 Å². The minimum atomic E-state index is -1.83. The summed E-state index contributed by atoms with van der Waals surface area (Å²) in [7, 11) is -1.83. The summed E-state index contributed by atoms with van der Waals surface area (Å²) in [5.41, 5.74) is -0.144. The second-order valence-electron chi connectivity index (χ2n) is 7.39. The van der Waals surface area contributed by atoms with E-state index in [0.29, 0.717) is 5.56 Å². The molecule has 2 rings (SSSR count). The van der Waals surface area contributed by atoms with Crippen LogP contribution in [0.3, 0.4) is 0 Å². The minimum absolute atomic E-state index is 0.00586. The van der Waals surface area contributed by atoms with Crippen LogP contribution in [-0.2, 0) is 20.5 Å². The first-order chi connectivity index (χ1) is 11.3. The number of nitrogens with zero attached hydrogens (tertiary/aromatic N) is 1. The number of ether oxygens (including phenoxy) is 1. The maximum absolute atomic E-state index is 14.4. The van der Waals surface area contributed by atoms with Crippen LogP contribution in [0, 0.1) is 11.6 Å². The van der Waals surface area contributed by atoms with E-state index in [0.717, 1.165) is 6.07 Å². The SMILES string of the molecule is C[C@H](NC(=O)OC(C)(C)C)C1=NS(=O)C(C)(C)c2c1ccc(F)c2F. The third-order valence-electron chi connectivity index (χ3n) is 3.73. The fourth-order valence-electron chi connectivity index (χ4n) is 2.56. The van der Waals surface area contributed by atoms with E-state index in [1.807, 2.05) is 0 Å². The van der Waals surface area contributed by atoms with Crippen LogP contribution >= 0.6 is 0 Å². The van der Waals surface area contributed by atoms with Gasteiger partial charge in [-0.2, -0.15) is 4.40 Å². The fourth-order valence-corrected chi connectivity index (χ4v) is 3.60. The molecule has 0 saturated carbocycles. The maximum atomic E-state index is 14.4. The zero-order valence-electron chi connectivity index (χ0n) is 15.1. The third kappa shape index (κ3) is 3.89. The molecule has 1 aromatic rings. The van der Waals surface area contributed by atoms with Crippen molar-refractivity contribution in [2.75, 3.05) is 0 Å². The molecule has 0 radical (unpaired) electrons. The summed E-state index contributed by atoms with van der Waals surface area (Å²) >= 11 is 0. The van der Waals surface area contributed by atoms with Gasteiger partial charge in [-0.15, -0.1) is 0 Å². The smallest absolute Gasteiger partial charge is 0.408 e. The number of rotatable bonds is 2. The standard InChI is InChI=1S/C17H22F2N2O3S/c1-9(20-15(22)24-16(2,3)4)14-10-7-8-11(18)13(19)12(10)17(5,6)25(23)21-14/h7-9H,1-6H3,(H,20,22)/t9-,25?/m0/s1. The van der Waals surface area contributed by atoms with Gasteiger partial charge in [-0.25, -0.2) is 17.8 Å². The number of hydrogen-bond acceptors (Lipinski definition) is 3. The molecule has 0 aromatic heterocycles. The number of hydrogen-bond donors (Lipinski definition) is 1. The minimum Gasteiger partial charge on any atom is -0.444 e. The quantitative estimate of drug-likeness (QED) is 0.863. The Bertz CT molecular complexity index is 770. The monoisotopic (exact) mass is 372 g/mol. The number of carbonyl (C=O) groups is 1. The van der Waals surface area contributed by atoms with Crippen molar-refractivity contribution in [1.82, 2.24) is 5.32 Å². The van der Waals surface area contributed by atoms with Crippen molar-refractivity contribution >= 4 is 22.8 Å². The average molecular weight is 372 g/mol. The lowest BCUT2D eigenvalue weighted by atomic mass is 9.90. The lowest BCUT2D eigenvalue weighted by Gasteiger charge is -2.32. The van der Waals surface area contributed by atoms with E-state index in [2.05, 4.69) is 9.71 Å². The molecule has 2 atom stereocenters. The van der Waals surface area contributed by atoms with Crippen LogP contribution < -0.4 is 5.32 Å². The number of amides is 1. The highest BCUT2D eigenvalue weighted by molar-refractivity contribution is 7.85. The molecular weight excluding hydrogens is 350 g/mol. The first-order valence-corrected chi connectivity index (χ1v) is 8.94. The number of halogens is 2. The fraction of sp³-hybridized carbons (Fsp3) is 0.529. The molecule has 0 spiro atoms. The molecule has 0 aliphatic carbocycles. The van der Waals surface area contributed by atoms with Crippen LogP contribution in [0.25, 0.3) is 0 Å². The molecule has 0 bridgehead atoms. The van der Waals surface area contributed by atoms with Gasteiger partial charge in [0.1, 0.15) is 16.6 Å². The summed E-state index contributed by atoms with van der Waals surface area (Å²) < 4.78 is 48.7. The number of alkyl carbamates (subject to hydrolysis) is 1. The van der Waals surface area contributed by atoms with Gasteiger partial charge < -0.3 is 10.1 Å². The molecule has 1 amide bonds. The van der Waals surface area contributed by atoms with Crippen molar-refractivity contribution in [2.24, 2.45) is 4.40 Å². The molecule has 5 nitrogen and oxygen atoms in total. The van der Waals surface area contributed by atoms with Crippen molar-refractivity contribution in [1.29, 1.82) is 0 Å². The first-order valence-electron chi connectivity index (χ1n) is 7.83. The molecular formula is C17H22F2N2O3S. The maximum Gasteiger partial charge on any atom is 0.408 e. The van der Waals surface area contributed by atoms with Gasteiger partial charge in [-0.3, -0.25) is 0 Å². The highest BCUT2D eigenvalue weighted by Gasteiger charge is 2.41.